The molecule has 0 spiro atoms. The predicted molar refractivity (Wildman–Crippen MR) is 131 cm³/mol. The Labute approximate surface area is 204 Å². The molecule has 33 heavy (non-hydrogen) atoms. The third-order valence-electron chi connectivity index (χ3n) is 9.45. The van der Waals surface area contributed by atoms with Gasteiger partial charge in [0.1, 0.15) is 5.82 Å². The molecule has 3 fully saturated rings. The van der Waals surface area contributed by atoms with Crippen LogP contribution in [0.3, 0.4) is 0 Å². The average Bonchev–Trinajstić information content (AvgIpc) is 2.82. The largest absolute Gasteiger partial charge is 0.251 e. The molecule has 0 bridgehead atoms. The first kappa shape index (κ1) is 25.4. The van der Waals surface area contributed by atoms with Crippen LogP contribution in [0.5, 0.6) is 0 Å². The van der Waals surface area contributed by atoms with Crippen molar-refractivity contribution < 1.29 is 13.2 Å². The van der Waals surface area contributed by atoms with Gasteiger partial charge in [-0.2, -0.15) is 0 Å². The summed E-state index contributed by atoms with van der Waals surface area (Å²) >= 11 is 5.80. The summed E-state index contributed by atoms with van der Waals surface area (Å²) in [6.07, 6.45) is 14.9. The molecule has 0 atom stereocenters. The molecule has 0 heterocycles. The number of alkyl halides is 2. The van der Waals surface area contributed by atoms with Crippen molar-refractivity contribution in [3.63, 3.8) is 0 Å². The van der Waals surface area contributed by atoms with Crippen molar-refractivity contribution in [1.82, 2.24) is 0 Å². The fraction of sp³-hybridized carbons (Fsp3) is 0.793. The summed E-state index contributed by atoms with van der Waals surface area (Å²) in [5.74, 6) is -0.574. The van der Waals surface area contributed by atoms with Crippen LogP contribution in [0, 0.1) is 35.4 Å². The lowest BCUT2D eigenvalue weighted by molar-refractivity contribution is -0.0979. The summed E-state index contributed by atoms with van der Waals surface area (Å²) in [6.45, 7) is 2.28. The molecule has 1 aromatic rings. The van der Waals surface area contributed by atoms with E-state index in [-0.39, 0.29) is 29.1 Å². The van der Waals surface area contributed by atoms with Gasteiger partial charge in [0, 0.05) is 12.3 Å². The third-order valence-corrected chi connectivity index (χ3v) is 9.75. The van der Waals surface area contributed by atoms with Gasteiger partial charge in [-0.15, -0.1) is 0 Å². The highest BCUT2D eigenvalue weighted by molar-refractivity contribution is 6.30. The van der Waals surface area contributed by atoms with Gasteiger partial charge in [0.05, 0.1) is 5.02 Å². The zero-order chi connectivity index (χ0) is 23.4. The van der Waals surface area contributed by atoms with Crippen LogP contribution < -0.4 is 0 Å². The molecule has 4 heteroatoms. The zero-order valence-electron chi connectivity index (χ0n) is 20.3. The molecule has 0 nitrogen and oxygen atoms in total. The van der Waals surface area contributed by atoms with Crippen LogP contribution in [0.15, 0.2) is 18.2 Å². The third kappa shape index (κ3) is 6.50. The minimum atomic E-state index is -2.53. The Hall–Kier alpha value is -0.700. The van der Waals surface area contributed by atoms with Crippen molar-refractivity contribution in [2.24, 2.45) is 29.6 Å². The first-order chi connectivity index (χ1) is 15.9. The molecular weight excluding hydrogens is 441 g/mol. The minimum absolute atomic E-state index is 0.0478. The molecule has 0 amide bonds. The highest BCUT2D eigenvalue weighted by Gasteiger charge is 2.44. The Morgan fingerprint density at radius 1 is 0.818 bits per heavy atom. The fourth-order valence-corrected chi connectivity index (χ4v) is 7.50. The molecule has 0 aliphatic heterocycles. The van der Waals surface area contributed by atoms with Gasteiger partial charge < -0.3 is 0 Å². The minimum Gasteiger partial charge on any atom is -0.207 e. The molecule has 1 aromatic carbocycles. The van der Waals surface area contributed by atoms with Gasteiger partial charge in [0.2, 0.25) is 0 Å². The van der Waals surface area contributed by atoms with Crippen LogP contribution in [0.25, 0.3) is 0 Å². The van der Waals surface area contributed by atoms with Crippen LogP contribution >= 0.6 is 11.6 Å². The Morgan fingerprint density at radius 2 is 1.39 bits per heavy atom. The molecule has 0 N–H and O–H groups in total. The van der Waals surface area contributed by atoms with E-state index in [2.05, 4.69) is 6.92 Å². The second kappa shape index (κ2) is 11.4. The van der Waals surface area contributed by atoms with E-state index < -0.39 is 11.8 Å². The van der Waals surface area contributed by atoms with Gasteiger partial charge in [-0.05, 0) is 111 Å². The molecule has 3 aliphatic carbocycles. The van der Waals surface area contributed by atoms with Crippen molar-refractivity contribution in [1.29, 1.82) is 0 Å². The number of benzene rings is 1. The van der Waals surface area contributed by atoms with Crippen LogP contribution in [-0.2, 0) is 0 Å². The summed E-state index contributed by atoms with van der Waals surface area (Å²) < 4.78 is 44.3. The van der Waals surface area contributed by atoms with Crippen molar-refractivity contribution in [3.05, 3.63) is 34.6 Å². The summed E-state index contributed by atoms with van der Waals surface area (Å²) in [7, 11) is 0. The summed E-state index contributed by atoms with van der Waals surface area (Å²) in [5, 5.41) is 0.144. The maximum atomic E-state index is 15.3. The monoisotopic (exact) mass is 482 g/mol. The first-order valence-corrected chi connectivity index (χ1v) is 14.1. The van der Waals surface area contributed by atoms with Crippen LogP contribution in [0.4, 0.5) is 13.2 Å². The first-order valence-electron chi connectivity index (χ1n) is 13.7. The van der Waals surface area contributed by atoms with Crippen molar-refractivity contribution in [2.75, 3.05) is 0 Å². The SMILES string of the molecule is CCCC1CCC(C2CCC(C(F)(F)CC3CCC(c4ccc(Cl)c(F)c4)CC3)CC2)CC1. The normalized spacial score (nSPS) is 33.7. The van der Waals surface area contributed by atoms with E-state index in [1.54, 1.807) is 6.07 Å². The Kier molecular flexibility index (Phi) is 8.74. The molecule has 4 rings (SSSR count). The van der Waals surface area contributed by atoms with Gasteiger partial charge in [0.15, 0.2) is 0 Å². The molecule has 0 saturated heterocycles. The fourth-order valence-electron chi connectivity index (χ4n) is 7.39. The lowest BCUT2D eigenvalue weighted by atomic mass is 9.67. The molecule has 186 valence electrons. The maximum Gasteiger partial charge on any atom is 0.251 e. The highest BCUT2D eigenvalue weighted by atomic mass is 35.5. The molecule has 0 radical (unpaired) electrons. The molecule has 3 saturated carbocycles. The Bertz CT molecular complexity index is 739. The smallest absolute Gasteiger partial charge is 0.207 e. The van der Waals surface area contributed by atoms with Crippen molar-refractivity contribution in [2.45, 2.75) is 115 Å². The van der Waals surface area contributed by atoms with E-state index in [1.807, 2.05) is 6.07 Å². The maximum absolute atomic E-state index is 15.3. The van der Waals surface area contributed by atoms with E-state index in [9.17, 15) is 4.39 Å². The number of halogens is 4. The molecular formula is C29H42ClF3. The molecule has 0 aromatic heterocycles. The van der Waals surface area contributed by atoms with Gasteiger partial charge in [-0.3, -0.25) is 0 Å². The van der Waals surface area contributed by atoms with E-state index in [1.165, 1.54) is 44.6 Å². The quantitative estimate of drug-likeness (QED) is 0.362. The standard InChI is InChI=1S/C29H42ClF3/c1-2-3-20-4-8-22(9-5-20)23-12-15-26(16-13-23)29(32,33)19-21-6-10-24(11-7-21)25-14-17-27(30)28(31)18-25/h14,17-18,20-24,26H,2-13,15-16,19H2,1H3. The Morgan fingerprint density at radius 3 is 1.97 bits per heavy atom. The van der Waals surface area contributed by atoms with Crippen molar-refractivity contribution in [3.8, 4) is 0 Å². The van der Waals surface area contributed by atoms with Crippen LogP contribution in [-0.4, -0.2) is 5.92 Å². The van der Waals surface area contributed by atoms with Crippen LogP contribution in [0.2, 0.25) is 5.02 Å². The molecule has 3 aliphatic rings. The zero-order valence-corrected chi connectivity index (χ0v) is 21.1. The second-order valence-corrected chi connectivity index (χ2v) is 11.9. The topological polar surface area (TPSA) is 0 Å². The lowest BCUT2D eigenvalue weighted by Crippen LogP contribution is -2.36. The van der Waals surface area contributed by atoms with Gasteiger partial charge in [-0.25, -0.2) is 13.2 Å². The van der Waals surface area contributed by atoms with E-state index >= 15 is 8.78 Å². The van der Waals surface area contributed by atoms with E-state index in [4.69, 9.17) is 11.6 Å². The second-order valence-electron chi connectivity index (χ2n) is 11.5. The number of hydrogen-bond acceptors (Lipinski definition) is 0. The summed E-state index contributed by atoms with van der Waals surface area (Å²) in [6, 6.07) is 5.02. The predicted octanol–water partition coefficient (Wildman–Crippen LogP) is 10.2. The van der Waals surface area contributed by atoms with E-state index in [0.717, 1.165) is 55.9 Å². The number of hydrogen-bond donors (Lipinski definition) is 0. The van der Waals surface area contributed by atoms with Crippen LogP contribution in [0.1, 0.15) is 115 Å². The van der Waals surface area contributed by atoms with Gasteiger partial charge >= 0.3 is 0 Å². The summed E-state index contributed by atoms with van der Waals surface area (Å²) in [5.41, 5.74) is 0.962. The van der Waals surface area contributed by atoms with E-state index in [0.29, 0.717) is 18.8 Å². The van der Waals surface area contributed by atoms with Gasteiger partial charge in [0.25, 0.3) is 5.92 Å². The molecule has 0 unspecified atom stereocenters. The summed E-state index contributed by atoms with van der Waals surface area (Å²) in [4.78, 5) is 0. The van der Waals surface area contributed by atoms with Gasteiger partial charge in [-0.1, -0.05) is 50.3 Å². The Balaban J connectivity index is 1.21. The lowest BCUT2D eigenvalue weighted by Gasteiger charge is -2.40. The van der Waals surface area contributed by atoms with Crippen molar-refractivity contribution >= 4 is 11.6 Å². The highest BCUT2D eigenvalue weighted by Crippen LogP contribution is 2.49. The number of rotatable bonds is 7. The average molecular weight is 483 g/mol.